The second-order valence-electron chi connectivity index (χ2n) is 7.53. The van der Waals surface area contributed by atoms with Crippen LogP contribution in [0.25, 0.3) is 0 Å². The third-order valence-electron chi connectivity index (χ3n) is 5.87. The molecule has 0 atom stereocenters. The van der Waals surface area contributed by atoms with Gasteiger partial charge in [0.2, 0.25) is 5.91 Å². The lowest BCUT2D eigenvalue weighted by Crippen LogP contribution is -2.58. The molecule has 1 aliphatic carbocycles. The standard InChI is InChI=1S/C19H28N4O/c1-20-18(24)12-23-13-19(6-8-21-9-7-19)22-16-10-14-4-2-3-5-15(14)11-17(16)23/h10-11,21-22H,2-9,12-13H2,1H3,(H,20,24). The van der Waals surface area contributed by atoms with E-state index in [9.17, 15) is 4.79 Å². The highest BCUT2D eigenvalue weighted by Gasteiger charge is 2.39. The minimum Gasteiger partial charge on any atom is -0.376 e. The van der Waals surface area contributed by atoms with Crippen molar-refractivity contribution in [1.29, 1.82) is 0 Å². The largest absolute Gasteiger partial charge is 0.376 e. The van der Waals surface area contributed by atoms with Crippen molar-refractivity contribution in [3.05, 3.63) is 23.3 Å². The molecule has 5 heteroatoms. The number of rotatable bonds is 2. The van der Waals surface area contributed by atoms with Gasteiger partial charge in [-0.05, 0) is 74.9 Å². The normalized spacial score (nSPS) is 21.6. The van der Waals surface area contributed by atoms with Gasteiger partial charge >= 0.3 is 0 Å². The zero-order chi connectivity index (χ0) is 16.6. The van der Waals surface area contributed by atoms with Gasteiger partial charge in [-0.1, -0.05) is 0 Å². The fourth-order valence-electron chi connectivity index (χ4n) is 4.49. The molecule has 1 fully saturated rings. The number of anilines is 2. The van der Waals surface area contributed by atoms with Gasteiger partial charge in [0.15, 0.2) is 0 Å². The first kappa shape index (κ1) is 15.8. The third kappa shape index (κ3) is 2.86. The molecule has 1 saturated heterocycles. The quantitative estimate of drug-likeness (QED) is 0.773. The van der Waals surface area contributed by atoms with Crippen LogP contribution in [0.4, 0.5) is 11.4 Å². The number of nitrogens with one attached hydrogen (secondary N) is 3. The van der Waals surface area contributed by atoms with E-state index in [0.717, 1.165) is 32.5 Å². The third-order valence-corrected chi connectivity index (χ3v) is 5.87. The van der Waals surface area contributed by atoms with Crippen LogP contribution >= 0.6 is 0 Å². The minimum atomic E-state index is 0.0876. The van der Waals surface area contributed by atoms with Crippen molar-refractivity contribution in [2.75, 3.05) is 43.4 Å². The number of aryl methyl sites for hydroxylation is 2. The number of fused-ring (bicyclic) bond motifs is 2. The number of carbonyl (C=O) groups excluding carboxylic acids is 1. The summed E-state index contributed by atoms with van der Waals surface area (Å²) < 4.78 is 0. The lowest BCUT2D eigenvalue weighted by atomic mass is 9.83. The summed E-state index contributed by atoms with van der Waals surface area (Å²) in [5, 5.41) is 10.1. The summed E-state index contributed by atoms with van der Waals surface area (Å²) in [4.78, 5) is 14.4. The first-order chi connectivity index (χ1) is 11.7. The second kappa shape index (κ2) is 6.28. The molecule has 130 valence electrons. The van der Waals surface area contributed by atoms with Crippen LogP contribution in [-0.2, 0) is 17.6 Å². The Kier molecular flexibility index (Phi) is 4.12. The van der Waals surface area contributed by atoms with Crippen LogP contribution in [0.3, 0.4) is 0 Å². The van der Waals surface area contributed by atoms with Crippen molar-refractivity contribution in [3.63, 3.8) is 0 Å². The summed E-state index contributed by atoms with van der Waals surface area (Å²) in [6, 6.07) is 4.71. The number of likely N-dealkylation sites (N-methyl/N-ethyl adjacent to an activating group) is 1. The van der Waals surface area contributed by atoms with Gasteiger partial charge in [-0.3, -0.25) is 4.79 Å². The molecular weight excluding hydrogens is 300 g/mol. The Labute approximate surface area is 144 Å². The Balaban J connectivity index is 1.71. The number of hydrogen-bond donors (Lipinski definition) is 3. The second-order valence-corrected chi connectivity index (χ2v) is 7.53. The number of hydrogen-bond acceptors (Lipinski definition) is 4. The Bertz CT molecular complexity index is 636. The lowest BCUT2D eigenvalue weighted by Gasteiger charge is -2.48. The molecule has 0 aromatic heterocycles. The average molecular weight is 328 g/mol. The maximum absolute atomic E-state index is 12.1. The molecule has 1 aromatic rings. The maximum Gasteiger partial charge on any atom is 0.239 e. The van der Waals surface area contributed by atoms with Crippen LogP contribution in [0.2, 0.25) is 0 Å². The van der Waals surface area contributed by atoms with E-state index in [1.807, 2.05) is 0 Å². The van der Waals surface area contributed by atoms with E-state index < -0.39 is 0 Å². The number of carbonyl (C=O) groups is 1. The molecule has 0 saturated carbocycles. The Morgan fingerprint density at radius 1 is 1.21 bits per heavy atom. The van der Waals surface area contributed by atoms with Crippen molar-refractivity contribution >= 4 is 17.3 Å². The minimum absolute atomic E-state index is 0.0876. The number of piperidine rings is 1. The average Bonchev–Trinajstić information content (AvgIpc) is 2.61. The monoisotopic (exact) mass is 328 g/mol. The SMILES string of the molecule is CNC(=O)CN1CC2(CCNCC2)Nc2cc3c(cc21)CCCC3. The van der Waals surface area contributed by atoms with Gasteiger partial charge in [-0.25, -0.2) is 0 Å². The molecule has 0 unspecified atom stereocenters. The molecule has 2 heterocycles. The molecule has 24 heavy (non-hydrogen) atoms. The highest BCUT2D eigenvalue weighted by atomic mass is 16.1. The van der Waals surface area contributed by atoms with E-state index in [2.05, 4.69) is 33.0 Å². The van der Waals surface area contributed by atoms with Gasteiger partial charge in [0, 0.05) is 13.6 Å². The summed E-state index contributed by atoms with van der Waals surface area (Å²) in [5.41, 5.74) is 5.51. The van der Waals surface area contributed by atoms with E-state index in [-0.39, 0.29) is 11.4 Å². The first-order valence-corrected chi connectivity index (χ1v) is 9.29. The van der Waals surface area contributed by atoms with Crippen molar-refractivity contribution in [3.8, 4) is 0 Å². The molecule has 5 nitrogen and oxygen atoms in total. The summed E-state index contributed by atoms with van der Waals surface area (Å²) >= 11 is 0. The fourth-order valence-corrected chi connectivity index (χ4v) is 4.49. The van der Waals surface area contributed by atoms with Crippen LogP contribution in [-0.4, -0.2) is 44.7 Å². The summed E-state index contributed by atoms with van der Waals surface area (Å²) in [7, 11) is 1.72. The molecule has 3 N–H and O–H groups in total. The molecule has 0 radical (unpaired) electrons. The molecule has 1 aromatic carbocycles. The predicted octanol–water partition coefficient (Wildman–Crippen LogP) is 1.67. The highest BCUT2D eigenvalue weighted by molar-refractivity contribution is 5.85. The van der Waals surface area contributed by atoms with Crippen molar-refractivity contribution in [2.45, 2.75) is 44.1 Å². The van der Waals surface area contributed by atoms with Gasteiger partial charge in [0.25, 0.3) is 0 Å². The zero-order valence-electron chi connectivity index (χ0n) is 14.6. The molecule has 4 rings (SSSR count). The molecule has 1 amide bonds. The van der Waals surface area contributed by atoms with Crippen molar-refractivity contribution in [2.24, 2.45) is 0 Å². The van der Waals surface area contributed by atoms with Gasteiger partial charge < -0.3 is 20.9 Å². The zero-order valence-corrected chi connectivity index (χ0v) is 14.6. The summed E-state index contributed by atoms with van der Waals surface area (Å²) in [5.74, 6) is 0.0876. The Morgan fingerprint density at radius 3 is 2.62 bits per heavy atom. The highest BCUT2D eigenvalue weighted by Crippen LogP contribution is 2.41. The van der Waals surface area contributed by atoms with E-state index >= 15 is 0 Å². The number of nitrogens with zero attached hydrogens (tertiary/aromatic N) is 1. The summed E-state index contributed by atoms with van der Waals surface area (Å²) in [6.07, 6.45) is 7.15. The lowest BCUT2D eigenvalue weighted by molar-refractivity contribution is -0.119. The van der Waals surface area contributed by atoms with E-state index in [1.165, 1.54) is 48.2 Å². The van der Waals surface area contributed by atoms with Gasteiger partial charge in [-0.2, -0.15) is 0 Å². The van der Waals surface area contributed by atoms with Crippen molar-refractivity contribution < 1.29 is 4.79 Å². The van der Waals surface area contributed by atoms with Crippen LogP contribution in [0, 0.1) is 0 Å². The Hall–Kier alpha value is -1.75. The number of benzene rings is 1. The Morgan fingerprint density at radius 2 is 1.92 bits per heavy atom. The molecular formula is C19H28N4O. The van der Waals surface area contributed by atoms with Gasteiger partial charge in [0.1, 0.15) is 0 Å². The first-order valence-electron chi connectivity index (χ1n) is 9.29. The number of amides is 1. The van der Waals surface area contributed by atoms with Crippen LogP contribution in [0.15, 0.2) is 12.1 Å². The van der Waals surface area contributed by atoms with Crippen LogP contribution in [0.5, 0.6) is 0 Å². The van der Waals surface area contributed by atoms with Gasteiger partial charge in [0.05, 0.1) is 23.5 Å². The topological polar surface area (TPSA) is 56.4 Å². The van der Waals surface area contributed by atoms with Crippen LogP contribution < -0.4 is 20.9 Å². The van der Waals surface area contributed by atoms with E-state index in [0.29, 0.717) is 6.54 Å². The van der Waals surface area contributed by atoms with Crippen molar-refractivity contribution in [1.82, 2.24) is 10.6 Å². The molecule has 1 spiro atoms. The molecule has 0 bridgehead atoms. The van der Waals surface area contributed by atoms with E-state index in [1.54, 1.807) is 7.05 Å². The maximum atomic E-state index is 12.1. The van der Waals surface area contributed by atoms with E-state index in [4.69, 9.17) is 0 Å². The fraction of sp³-hybridized carbons (Fsp3) is 0.632. The molecule has 2 aliphatic heterocycles. The predicted molar refractivity (Wildman–Crippen MR) is 97.8 cm³/mol. The summed E-state index contributed by atoms with van der Waals surface area (Å²) in [6.45, 7) is 3.44. The van der Waals surface area contributed by atoms with Crippen LogP contribution in [0.1, 0.15) is 36.8 Å². The van der Waals surface area contributed by atoms with Gasteiger partial charge in [-0.15, -0.1) is 0 Å². The smallest absolute Gasteiger partial charge is 0.239 e. The molecule has 3 aliphatic rings.